The maximum Gasteiger partial charge on any atom is 0.149 e. The van der Waals surface area contributed by atoms with E-state index in [1.807, 2.05) is 42.9 Å². The monoisotopic (exact) mass is 718 g/mol. The molecule has 0 saturated heterocycles. The second-order valence-corrected chi connectivity index (χ2v) is 16.5. The molecule has 1 N–H and O–H groups in total. The SMILES string of the molecule is Cc1cnc(-c2cccc(-c3cncc4c3nc(-c3cc(C(C)(C)C)cc(C(C)(C)C)c3O)n4-c3ccccc3)c2)cc1-c1ccc(-c2ccccc2)cc1. The molecule has 0 aliphatic carbocycles. The molecule has 8 rings (SSSR count). The van der Waals surface area contributed by atoms with Crippen LogP contribution in [0.3, 0.4) is 0 Å². The van der Waals surface area contributed by atoms with Crippen molar-refractivity contribution in [2.75, 3.05) is 0 Å². The molecule has 0 unspecified atom stereocenters. The van der Waals surface area contributed by atoms with Crippen molar-refractivity contribution in [1.82, 2.24) is 19.5 Å². The molecule has 0 aliphatic rings. The summed E-state index contributed by atoms with van der Waals surface area (Å²) in [7, 11) is 0. The second-order valence-electron chi connectivity index (χ2n) is 16.5. The lowest BCUT2D eigenvalue weighted by molar-refractivity contribution is 0.446. The van der Waals surface area contributed by atoms with Crippen LogP contribution in [0.15, 0.2) is 146 Å². The van der Waals surface area contributed by atoms with E-state index in [4.69, 9.17) is 15.0 Å². The summed E-state index contributed by atoms with van der Waals surface area (Å²) in [4.78, 5) is 15.1. The lowest BCUT2D eigenvalue weighted by Gasteiger charge is -2.27. The Morgan fingerprint density at radius 2 is 1.18 bits per heavy atom. The molecule has 0 saturated carbocycles. The number of imidazole rings is 1. The highest BCUT2D eigenvalue weighted by Gasteiger charge is 2.28. The lowest BCUT2D eigenvalue weighted by atomic mass is 9.79. The Morgan fingerprint density at radius 1 is 0.545 bits per heavy atom. The van der Waals surface area contributed by atoms with Gasteiger partial charge in [-0.05, 0) is 87.0 Å². The van der Waals surface area contributed by atoms with E-state index >= 15 is 0 Å². The molecular formula is C50H46N4O. The van der Waals surface area contributed by atoms with E-state index < -0.39 is 0 Å². The van der Waals surface area contributed by atoms with Crippen molar-refractivity contribution >= 4 is 11.0 Å². The van der Waals surface area contributed by atoms with E-state index in [0.29, 0.717) is 11.4 Å². The zero-order chi connectivity index (χ0) is 38.5. The number of hydrogen-bond donors (Lipinski definition) is 1. The van der Waals surface area contributed by atoms with Gasteiger partial charge in [0.2, 0.25) is 0 Å². The first-order valence-electron chi connectivity index (χ1n) is 18.9. The van der Waals surface area contributed by atoms with Crippen LogP contribution in [0.4, 0.5) is 0 Å². The summed E-state index contributed by atoms with van der Waals surface area (Å²) in [5.41, 5.74) is 14.5. The number of pyridine rings is 2. The topological polar surface area (TPSA) is 63.8 Å². The number of fused-ring (bicyclic) bond motifs is 1. The van der Waals surface area contributed by atoms with Crippen LogP contribution in [0.1, 0.15) is 58.2 Å². The highest BCUT2D eigenvalue weighted by atomic mass is 16.3. The van der Waals surface area contributed by atoms with Crippen LogP contribution < -0.4 is 0 Å². The van der Waals surface area contributed by atoms with Crippen molar-refractivity contribution in [3.8, 4) is 67.5 Å². The molecule has 0 aliphatic heterocycles. The Hall–Kier alpha value is -6.33. The molecule has 0 spiro atoms. The molecule has 272 valence electrons. The third-order valence-corrected chi connectivity index (χ3v) is 10.5. The molecule has 55 heavy (non-hydrogen) atoms. The molecule has 0 radical (unpaired) electrons. The van der Waals surface area contributed by atoms with Gasteiger partial charge < -0.3 is 5.11 Å². The van der Waals surface area contributed by atoms with Crippen LogP contribution in [0.5, 0.6) is 5.75 Å². The summed E-state index contributed by atoms with van der Waals surface area (Å²) in [6, 6.07) is 44.3. The summed E-state index contributed by atoms with van der Waals surface area (Å²) in [5.74, 6) is 0.921. The van der Waals surface area contributed by atoms with Gasteiger partial charge in [0.25, 0.3) is 0 Å². The Morgan fingerprint density at radius 3 is 1.87 bits per heavy atom. The molecule has 5 heteroatoms. The van der Waals surface area contributed by atoms with E-state index in [-0.39, 0.29) is 16.6 Å². The number of benzene rings is 5. The summed E-state index contributed by atoms with van der Waals surface area (Å²) < 4.78 is 2.13. The number of aryl methyl sites for hydroxylation is 1. The third-order valence-electron chi connectivity index (χ3n) is 10.5. The number of phenolic OH excluding ortho intramolecular Hbond substituents is 1. The van der Waals surface area contributed by atoms with Crippen molar-refractivity contribution in [3.63, 3.8) is 0 Å². The fourth-order valence-corrected chi connectivity index (χ4v) is 7.35. The first kappa shape index (κ1) is 35.7. The van der Waals surface area contributed by atoms with Crippen molar-refractivity contribution in [3.05, 3.63) is 163 Å². The first-order chi connectivity index (χ1) is 26.4. The van der Waals surface area contributed by atoms with E-state index in [0.717, 1.165) is 66.9 Å². The number of nitrogens with zero attached hydrogens (tertiary/aromatic N) is 4. The first-order valence-corrected chi connectivity index (χ1v) is 18.9. The van der Waals surface area contributed by atoms with Gasteiger partial charge >= 0.3 is 0 Å². The second kappa shape index (κ2) is 13.8. The number of phenols is 1. The number of hydrogen-bond acceptors (Lipinski definition) is 4. The zero-order valence-electron chi connectivity index (χ0n) is 32.6. The molecule has 0 amide bonds. The average Bonchev–Trinajstić information content (AvgIpc) is 3.58. The van der Waals surface area contributed by atoms with Gasteiger partial charge in [-0.1, -0.05) is 139 Å². The van der Waals surface area contributed by atoms with Crippen LogP contribution in [-0.2, 0) is 10.8 Å². The Balaban J connectivity index is 1.26. The van der Waals surface area contributed by atoms with Crippen LogP contribution in [0, 0.1) is 6.92 Å². The molecule has 3 heterocycles. The fourth-order valence-electron chi connectivity index (χ4n) is 7.35. The van der Waals surface area contributed by atoms with Gasteiger partial charge in [-0.2, -0.15) is 0 Å². The van der Waals surface area contributed by atoms with Crippen LogP contribution in [0.2, 0.25) is 0 Å². The molecular weight excluding hydrogens is 673 g/mol. The maximum atomic E-state index is 12.0. The molecule has 0 bridgehead atoms. The van der Waals surface area contributed by atoms with Gasteiger partial charge in [-0.15, -0.1) is 0 Å². The average molecular weight is 719 g/mol. The lowest BCUT2D eigenvalue weighted by Crippen LogP contribution is -2.17. The zero-order valence-corrected chi connectivity index (χ0v) is 32.6. The molecule has 0 atom stereocenters. The Labute approximate surface area is 324 Å². The quantitative estimate of drug-likeness (QED) is 0.186. The molecule has 8 aromatic rings. The Kier molecular flexibility index (Phi) is 8.97. The maximum absolute atomic E-state index is 12.0. The number of rotatable bonds is 6. The minimum absolute atomic E-state index is 0.144. The summed E-state index contributed by atoms with van der Waals surface area (Å²) in [6.07, 6.45) is 5.73. The standard InChI is InChI=1S/C50H46N4O/c1-32-29-52-44(28-40(32)35-23-21-34(22-24-35)33-15-10-8-11-16-33)37-18-14-17-36(25-37)42-30-51-31-45-46(42)53-48(54(45)39-19-12-9-13-20-39)41-26-38(49(2,3)4)27-43(47(41)55)50(5,6)7/h8-31,55H,1-7H3. The minimum atomic E-state index is -0.285. The fraction of sp³-hybridized carbons (Fsp3) is 0.180. The van der Waals surface area contributed by atoms with E-state index in [1.165, 1.54) is 11.1 Å². The van der Waals surface area contributed by atoms with Crippen LogP contribution >= 0.6 is 0 Å². The highest BCUT2D eigenvalue weighted by Crippen LogP contribution is 2.44. The Bertz CT molecular complexity index is 2660. The van der Waals surface area contributed by atoms with E-state index in [1.54, 1.807) is 0 Å². The molecule has 0 fully saturated rings. The predicted octanol–water partition coefficient (Wildman–Crippen LogP) is 12.8. The smallest absolute Gasteiger partial charge is 0.149 e. The summed E-state index contributed by atoms with van der Waals surface area (Å²) >= 11 is 0. The minimum Gasteiger partial charge on any atom is -0.507 e. The summed E-state index contributed by atoms with van der Waals surface area (Å²) in [6.45, 7) is 15.2. The predicted molar refractivity (Wildman–Crippen MR) is 228 cm³/mol. The number of aromatic nitrogens is 4. The van der Waals surface area contributed by atoms with Crippen LogP contribution in [0.25, 0.3) is 72.7 Å². The number of para-hydroxylation sites is 1. The van der Waals surface area contributed by atoms with Crippen LogP contribution in [-0.4, -0.2) is 24.6 Å². The molecule has 3 aromatic heterocycles. The normalized spacial score (nSPS) is 12.0. The van der Waals surface area contributed by atoms with Gasteiger partial charge in [0.15, 0.2) is 0 Å². The van der Waals surface area contributed by atoms with Crippen molar-refractivity contribution in [2.24, 2.45) is 0 Å². The van der Waals surface area contributed by atoms with E-state index in [2.05, 4.69) is 156 Å². The largest absolute Gasteiger partial charge is 0.507 e. The highest BCUT2D eigenvalue weighted by molar-refractivity contribution is 5.96. The third kappa shape index (κ3) is 6.83. The van der Waals surface area contributed by atoms with Crippen molar-refractivity contribution < 1.29 is 5.11 Å². The van der Waals surface area contributed by atoms with Gasteiger partial charge in [0.1, 0.15) is 17.1 Å². The number of aromatic hydroxyl groups is 1. The van der Waals surface area contributed by atoms with Gasteiger partial charge in [0.05, 0.1) is 23.0 Å². The van der Waals surface area contributed by atoms with Gasteiger partial charge in [-0.3, -0.25) is 14.5 Å². The van der Waals surface area contributed by atoms with Crippen molar-refractivity contribution in [1.29, 1.82) is 0 Å². The summed E-state index contributed by atoms with van der Waals surface area (Å²) in [5, 5.41) is 12.0. The van der Waals surface area contributed by atoms with E-state index in [9.17, 15) is 5.11 Å². The molecule has 5 aromatic carbocycles. The van der Waals surface area contributed by atoms with Crippen molar-refractivity contribution in [2.45, 2.75) is 59.3 Å². The van der Waals surface area contributed by atoms with Gasteiger partial charge in [0, 0.05) is 34.8 Å². The molecule has 5 nitrogen and oxygen atoms in total. The van der Waals surface area contributed by atoms with Gasteiger partial charge in [-0.25, -0.2) is 4.98 Å².